The number of thioether (sulfide) groups is 1. The molecule has 0 aliphatic rings. The summed E-state index contributed by atoms with van der Waals surface area (Å²) in [5.74, 6) is -0.537. The van der Waals surface area contributed by atoms with Gasteiger partial charge in [0.1, 0.15) is 11.0 Å². The van der Waals surface area contributed by atoms with Gasteiger partial charge in [0, 0.05) is 5.92 Å². The Morgan fingerprint density at radius 2 is 1.83 bits per heavy atom. The van der Waals surface area contributed by atoms with E-state index in [0.29, 0.717) is 6.42 Å². The third-order valence-corrected chi connectivity index (χ3v) is 3.83. The van der Waals surface area contributed by atoms with E-state index >= 15 is 0 Å². The molecule has 3 nitrogen and oxygen atoms in total. The summed E-state index contributed by atoms with van der Waals surface area (Å²) < 4.78 is 0. The minimum Gasteiger partial charge on any atom is -0.480 e. The van der Waals surface area contributed by atoms with E-state index in [0.717, 1.165) is 5.56 Å². The zero-order chi connectivity index (χ0) is 13.5. The highest BCUT2D eigenvalue weighted by Gasteiger charge is 2.20. The number of carboxylic acids is 1. The molecule has 1 unspecified atom stereocenters. The molecule has 0 saturated carbocycles. The second-order valence-electron chi connectivity index (χ2n) is 4.45. The second-order valence-corrected chi connectivity index (χ2v) is 5.64. The number of hydrogen-bond acceptors (Lipinski definition) is 3. The minimum atomic E-state index is -0.861. The third kappa shape index (κ3) is 4.92. The highest BCUT2D eigenvalue weighted by Crippen LogP contribution is 2.18. The van der Waals surface area contributed by atoms with E-state index in [-0.39, 0.29) is 17.5 Å². The molecule has 4 heteroatoms. The lowest BCUT2D eigenvalue weighted by Gasteiger charge is -2.12. The summed E-state index contributed by atoms with van der Waals surface area (Å²) in [5.41, 5.74) is 0.981. The van der Waals surface area contributed by atoms with Crippen LogP contribution in [0.3, 0.4) is 0 Å². The average Bonchev–Trinajstić information content (AvgIpc) is 2.34. The summed E-state index contributed by atoms with van der Waals surface area (Å²) in [6.07, 6.45) is 0.451. The van der Waals surface area contributed by atoms with Crippen molar-refractivity contribution >= 4 is 23.5 Å². The van der Waals surface area contributed by atoms with Gasteiger partial charge in [0.2, 0.25) is 0 Å². The Balaban J connectivity index is 2.56. The predicted octanol–water partition coefficient (Wildman–Crippen LogP) is 2.64. The number of benzene rings is 1. The fourth-order valence-electron chi connectivity index (χ4n) is 1.40. The van der Waals surface area contributed by atoms with Crippen molar-refractivity contribution in [2.75, 3.05) is 5.75 Å². The molecule has 0 heterocycles. The Labute approximate surface area is 112 Å². The highest BCUT2D eigenvalue weighted by molar-refractivity contribution is 8.01. The van der Waals surface area contributed by atoms with Gasteiger partial charge in [-0.15, -0.1) is 11.8 Å². The smallest absolute Gasteiger partial charge is 0.316 e. The van der Waals surface area contributed by atoms with Crippen LogP contribution in [-0.4, -0.2) is 27.9 Å². The molecular formula is C14H18O3S. The molecule has 0 saturated heterocycles. The van der Waals surface area contributed by atoms with Crippen LogP contribution in [0.15, 0.2) is 30.3 Å². The van der Waals surface area contributed by atoms with E-state index in [9.17, 15) is 9.59 Å². The first kappa shape index (κ1) is 14.8. The molecule has 0 spiro atoms. The lowest BCUT2D eigenvalue weighted by atomic mass is 10.1. The minimum absolute atomic E-state index is 0.0383. The monoisotopic (exact) mass is 266 g/mol. The molecule has 1 N–H and O–H groups in total. The van der Waals surface area contributed by atoms with Gasteiger partial charge in [-0.05, 0) is 12.0 Å². The van der Waals surface area contributed by atoms with Gasteiger partial charge in [0.25, 0.3) is 0 Å². The first-order valence-corrected chi connectivity index (χ1v) is 6.96. The Morgan fingerprint density at radius 1 is 1.22 bits per heavy atom. The maximum absolute atomic E-state index is 11.5. The maximum atomic E-state index is 11.5. The van der Waals surface area contributed by atoms with Gasteiger partial charge in [-0.1, -0.05) is 44.2 Å². The zero-order valence-electron chi connectivity index (χ0n) is 10.6. The number of ketones is 1. The van der Waals surface area contributed by atoms with Crippen molar-refractivity contribution in [1.82, 2.24) is 0 Å². The number of carbonyl (C=O) groups excluding carboxylic acids is 1. The van der Waals surface area contributed by atoms with Gasteiger partial charge in [-0.2, -0.15) is 0 Å². The number of carbonyl (C=O) groups is 2. The van der Waals surface area contributed by atoms with Crippen LogP contribution in [0.25, 0.3) is 0 Å². The van der Waals surface area contributed by atoms with E-state index in [4.69, 9.17) is 5.11 Å². The maximum Gasteiger partial charge on any atom is 0.316 e. The molecule has 0 fully saturated rings. The molecule has 1 aromatic rings. The standard InChI is InChI=1S/C14H18O3S/c1-10(2)12(15)9-18-13(14(16)17)8-11-6-4-3-5-7-11/h3-7,10,13H,8-9H2,1-2H3,(H,16,17). The van der Waals surface area contributed by atoms with Crippen LogP contribution in [0.4, 0.5) is 0 Å². The molecule has 0 radical (unpaired) electrons. The van der Waals surface area contributed by atoms with E-state index < -0.39 is 11.2 Å². The van der Waals surface area contributed by atoms with E-state index in [1.807, 2.05) is 44.2 Å². The Hall–Kier alpha value is -1.29. The first-order chi connectivity index (χ1) is 8.50. The van der Waals surface area contributed by atoms with Gasteiger partial charge >= 0.3 is 5.97 Å². The zero-order valence-corrected chi connectivity index (χ0v) is 11.4. The van der Waals surface area contributed by atoms with E-state index in [2.05, 4.69) is 0 Å². The summed E-state index contributed by atoms with van der Waals surface area (Å²) in [5, 5.41) is 8.59. The van der Waals surface area contributed by atoms with Crippen molar-refractivity contribution in [1.29, 1.82) is 0 Å². The molecule has 98 valence electrons. The Morgan fingerprint density at radius 3 is 2.33 bits per heavy atom. The van der Waals surface area contributed by atoms with Crippen molar-refractivity contribution < 1.29 is 14.7 Å². The molecule has 1 rings (SSSR count). The van der Waals surface area contributed by atoms with Crippen LogP contribution >= 0.6 is 11.8 Å². The summed E-state index contributed by atoms with van der Waals surface area (Å²) in [6.45, 7) is 3.66. The van der Waals surface area contributed by atoms with Crippen molar-refractivity contribution in [2.24, 2.45) is 5.92 Å². The molecule has 0 aliphatic carbocycles. The average molecular weight is 266 g/mol. The summed E-state index contributed by atoms with van der Waals surface area (Å²) >= 11 is 1.21. The Kier molecular flexibility index (Phi) is 5.92. The quantitative estimate of drug-likeness (QED) is 0.824. The normalized spacial score (nSPS) is 12.4. The molecule has 0 bridgehead atoms. The first-order valence-electron chi connectivity index (χ1n) is 5.91. The van der Waals surface area contributed by atoms with Crippen LogP contribution in [0.2, 0.25) is 0 Å². The van der Waals surface area contributed by atoms with E-state index in [1.165, 1.54) is 11.8 Å². The van der Waals surface area contributed by atoms with Crippen LogP contribution in [-0.2, 0) is 16.0 Å². The molecule has 18 heavy (non-hydrogen) atoms. The number of hydrogen-bond donors (Lipinski definition) is 1. The second kappa shape index (κ2) is 7.21. The number of rotatable bonds is 7. The molecule has 1 aromatic carbocycles. The lowest BCUT2D eigenvalue weighted by Crippen LogP contribution is -2.22. The molecule has 0 aliphatic heterocycles. The molecule has 0 amide bonds. The lowest BCUT2D eigenvalue weighted by molar-refractivity contribution is -0.136. The fraction of sp³-hybridized carbons (Fsp3) is 0.429. The largest absolute Gasteiger partial charge is 0.480 e. The van der Waals surface area contributed by atoms with Crippen LogP contribution in [0.5, 0.6) is 0 Å². The summed E-state index contributed by atoms with van der Waals surface area (Å²) in [6, 6.07) is 9.48. The van der Waals surface area contributed by atoms with Gasteiger partial charge < -0.3 is 5.11 Å². The number of carboxylic acid groups (broad SMARTS) is 1. The summed E-state index contributed by atoms with van der Waals surface area (Å²) in [7, 11) is 0. The fourth-order valence-corrected chi connectivity index (χ4v) is 2.55. The van der Waals surface area contributed by atoms with Gasteiger partial charge in [0.05, 0.1) is 5.75 Å². The van der Waals surface area contributed by atoms with Crippen molar-refractivity contribution in [3.63, 3.8) is 0 Å². The van der Waals surface area contributed by atoms with Crippen LogP contribution < -0.4 is 0 Å². The van der Waals surface area contributed by atoms with Crippen molar-refractivity contribution in [3.05, 3.63) is 35.9 Å². The van der Waals surface area contributed by atoms with E-state index in [1.54, 1.807) is 0 Å². The highest BCUT2D eigenvalue weighted by atomic mass is 32.2. The topological polar surface area (TPSA) is 54.4 Å². The number of aliphatic carboxylic acids is 1. The Bertz CT molecular complexity index is 401. The van der Waals surface area contributed by atoms with Crippen molar-refractivity contribution in [2.45, 2.75) is 25.5 Å². The summed E-state index contributed by atoms with van der Waals surface area (Å²) in [4.78, 5) is 22.7. The van der Waals surface area contributed by atoms with Gasteiger partial charge in [-0.25, -0.2) is 0 Å². The molecular weight excluding hydrogens is 248 g/mol. The number of Topliss-reactive ketones (excluding diaryl/α,β-unsaturated/α-hetero) is 1. The third-order valence-electron chi connectivity index (χ3n) is 2.61. The SMILES string of the molecule is CC(C)C(=O)CSC(Cc1ccccc1)C(=O)O. The van der Waals surface area contributed by atoms with Gasteiger partial charge in [-0.3, -0.25) is 9.59 Å². The van der Waals surface area contributed by atoms with Crippen molar-refractivity contribution in [3.8, 4) is 0 Å². The predicted molar refractivity (Wildman–Crippen MR) is 73.9 cm³/mol. The van der Waals surface area contributed by atoms with Crippen LogP contribution in [0.1, 0.15) is 19.4 Å². The van der Waals surface area contributed by atoms with Crippen LogP contribution in [0, 0.1) is 5.92 Å². The van der Waals surface area contributed by atoms with Gasteiger partial charge in [0.15, 0.2) is 0 Å². The molecule has 1 atom stereocenters. The molecule has 0 aromatic heterocycles.